The molecule has 2 rings (SSSR count). The van der Waals surface area contributed by atoms with Crippen molar-refractivity contribution in [2.45, 2.75) is 6.92 Å². The molecule has 0 amide bonds. The molecule has 0 atom stereocenters. The van der Waals surface area contributed by atoms with Crippen molar-refractivity contribution in [3.63, 3.8) is 0 Å². The normalized spacial score (nSPS) is 10.0. The van der Waals surface area contributed by atoms with Crippen LogP contribution in [0.25, 0.3) is 0 Å². The van der Waals surface area contributed by atoms with Gasteiger partial charge in [-0.05, 0) is 19.1 Å². The van der Waals surface area contributed by atoms with Crippen molar-refractivity contribution < 1.29 is 14.3 Å². The van der Waals surface area contributed by atoms with Gasteiger partial charge in [0.05, 0.1) is 13.7 Å². The van der Waals surface area contributed by atoms with Gasteiger partial charge in [-0.15, -0.1) is 0 Å². The molecule has 0 fully saturated rings. The van der Waals surface area contributed by atoms with E-state index in [2.05, 4.69) is 9.97 Å². The van der Waals surface area contributed by atoms with Crippen molar-refractivity contribution in [3.8, 4) is 11.6 Å². The smallest absolute Gasteiger partial charge is 0.243 e. The van der Waals surface area contributed by atoms with Gasteiger partial charge >= 0.3 is 0 Å². The number of carbonyl (C=O) groups is 1. The average Bonchev–Trinajstić information content (AvgIpc) is 2.47. The summed E-state index contributed by atoms with van der Waals surface area (Å²) in [6.07, 6.45) is 2.94. The number of methoxy groups -OCH3 is 1. The Bertz CT molecular complexity index is 584. The van der Waals surface area contributed by atoms with Gasteiger partial charge < -0.3 is 9.47 Å². The van der Waals surface area contributed by atoms with Crippen molar-refractivity contribution in [1.82, 2.24) is 9.97 Å². The van der Waals surface area contributed by atoms with E-state index in [9.17, 15) is 4.79 Å². The van der Waals surface area contributed by atoms with E-state index in [-0.39, 0.29) is 17.4 Å². The summed E-state index contributed by atoms with van der Waals surface area (Å²) in [5.74, 6) is 0.622. The molecule has 0 aliphatic carbocycles. The zero-order valence-electron chi connectivity index (χ0n) is 10.8. The third kappa shape index (κ3) is 2.88. The van der Waals surface area contributed by atoms with Crippen LogP contribution >= 0.6 is 0 Å². The first-order valence-corrected chi connectivity index (χ1v) is 5.88. The highest BCUT2D eigenvalue weighted by atomic mass is 16.5. The Morgan fingerprint density at radius 3 is 2.79 bits per heavy atom. The van der Waals surface area contributed by atoms with Crippen molar-refractivity contribution in [2.75, 3.05) is 13.7 Å². The predicted octanol–water partition coefficient (Wildman–Crippen LogP) is 2.11. The monoisotopic (exact) mass is 258 g/mol. The Labute approximate surface area is 111 Å². The van der Waals surface area contributed by atoms with E-state index in [4.69, 9.17) is 9.47 Å². The van der Waals surface area contributed by atoms with Gasteiger partial charge in [0.1, 0.15) is 5.75 Å². The van der Waals surface area contributed by atoms with E-state index in [0.717, 1.165) is 0 Å². The summed E-state index contributed by atoms with van der Waals surface area (Å²) in [5, 5.41) is 0. The molecule has 1 heterocycles. The van der Waals surface area contributed by atoms with Crippen LogP contribution in [0.2, 0.25) is 0 Å². The van der Waals surface area contributed by atoms with Gasteiger partial charge in [-0.3, -0.25) is 4.79 Å². The molecule has 0 N–H and O–H groups in total. The fourth-order valence-electron chi connectivity index (χ4n) is 1.66. The molecule has 0 bridgehead atoms. The van der Waals surface area contributed by atoms with Crippen molar-refractivity contribution >= 4 is 5.78 Å². The topological polar surface area (TPSA) is 61.3 Å². The maximum atomic E-state index is 12.3. The van der Waals surface area contributed by atoms with Crippen LogP contribution < -0.4 is 9.47 Å². The van der Waals surface area contributed by atoms with Gasteiger partial charge in [0.25, 0.3) is 0 Å². The number of benzene rings is 1. The second kappa shape index (κ2) is 5.95. The maximum Gasteiger partial charge on any atom is 0.243 e. The Balaban J connectivity index is 2.35. The zero-order valence-corrected chi connectivity index (χ0v) is 10.8. The molecule has 98 valence electrons. The highest BCUT2D eigenvalue weighted by Crippen LogP contribution is 2.19. The molecule has 5 heteroatoms. The molecule has 1 aromatic heterocycles. The molecular formula is C14H14N2O3. The van der Waals surface area contributed by atoms with Gasteiger partial charge in [0, 0.05) is 18.0 Å². The number of ether oxygens (including phenoxy) is 2. The van der Waals surface area contributed by atoms with Crippen LogP contribution in [0.4, 0.5) is 0 Å². The van der Waals surface area contributed by atoms with Gasteiger partial charge in [-0.2, -0.15) is 0 Å². The second-order valence-electron chi connectivity index (χ2n) is 3.70. The number of rotatable bonds is 5. The SMILES string of the molecule is CCOc1cccc(C(=O)c2nccnc2OC)c1. The number of nitrogens with zero attached hydrogens (tertiary/aromatic N) is 2. The van der Waals surface area contributed by atoms with Crippen molar-refractivity contribution in [3.05, 3.63) is 47.9 Å². The highest BCUT2D eigenvalue weighted by Gasteiger charge is 2.17. The summed E-state index contributed by atoms with van der Waals surface area (Å²) < 4.78 is 10.4. The summed E-state index contributed by atoms with van der Waals surface area (Å²) >= 11 is 0. The summed E-state index contributed by atoms with van der Waals surface area (Å²) in [5.41, 5.74) is 0.684. The Morgan fingerprint density at radius 2 is 2.05 bits per heavy atom. The quantitative estimate of drug-likeness (QED) is 0.769. The molecule has 0 aliphatic heterocycles. The Kier molecular flexibility index (Phi) is 4.07. The number of hydrogen-bond acceptors (Lipinski definition) is 5. The van der Waals surface area contributed by atoms with Gasteiger partial charge in [0.15, 0.2) is 5.69 Å². The second-order valence-corrected chi connectivity index (χ2v) is 3.70. The first-order chi connectivity index (χ1) is 9.26. The van der Waals surface area contributed by atoms with E-state index in [0.29, 0.717) is 17.9 Å². The lowest BCUT2D eigenvalue weighted by molar-refractivity contribution is 0.103. The summed E-state index contributed by atoms with van der Waals surface area (Å²) in [6.45, 7) is 2.44. The molecule has 0 spiro atoms. The largest absolute Gasteiger partial charge is 0.494 e. The minimum Gasteiger partial charge on any atom is -0.494 e. The molecule has 0 saturated carbocycles. The highest BCUT2D eigenvalue weighted by molar-refractivity contribution is 6.09. The number of aromatic nitrogens is 2. The predicted molar refractivity (Wildman–Crippen MR) is 69.6 cm³/mol. The van der Waals surface area contributed by atoms with E-state index in [1.165, 1.54) is 19.5 Å². The van der Waals surface area contributed by atoms with Crippen LogP contribution in [0.3, 0.4) is 0 Å². The Hall–Kier alpha value is -2.43. The van der Waals surface area contributed by atoms with Crippen LogP contribution in [0, 0.1) is 0 Å². The van der Waals surface area contributed by atoms with E-state index >= 15 is 0 Å². The number of carbonyl (C=O) groups excluding carboxylic acids is 1. The Morgan fingerprint density at radius 1 is 1.26 bits per heavy atom. The standard InChI is InChI=1S/C14H14N2O3/c1-3-19-11-6-4-5-10(9-11)13(17)12-14(18-2)16-8-7-15-12/h4-9H,3H2,1-2H3. The molecular weight excluding hydrogens is 244 g/mol. The molecule has 2 aromatic rings. The van der Waals surface area contributed by atoms with Crippen LogP contribution in [-0.4, -0.2) is 29.5 Å². The first kappa shape index (κ1) is 13.0. The van der Waals surface area contributed by atoms with Gasteiger partial charge in [-0.1, -0.05) is 12.1 Å². The zero-order chi connectivity index (χ0) is 13.7. The molecule has 1 aromatic carbocycles. The summed E-state index contributed by atoms with van der Waals surface area (Å²) in [6, 6.07) is 6.95. The van der Waals surface area contributed by atoms with Crippen LogP contribution in [0.5, 0.6) is 11.6 Å². The number of ketones is 1. The molecule has 0 aliphatic rings. The van der Waals surface area contributed by atoms with Crippen molar-refractivity contribution in [2.24, 2.45) is 0 Å². The van der Waals surface area contributed by atoms with Gasteiger partial charge in [-0.25, -0.2) is 9.97 Å². The molecule has 5 nitrogen and oxygen atoms in total. The summed E-state index contributed by atoms with van der Waals surface area (Å²) in [4.78, 5) is 20.3. The van der Waals surface area contributed by atoms with Crippen LogP contribution in [0.1, 0.15) is 23.0 Å². The number of hydrogen-bond donors (Lipinski definition) is 0. The minimum atomic E-state index is -0.244. The van der Waals surface area contributed by atoms with Crippen molar-refractivity contribution in [1.29, 1.82) is 0 Å². The van der Waals surface area contributed by atoms with Crippen LogP contribution in [-0.2, 0) is 0 Å². The minimum absolute atomic E-state index is 0.193. The fraction of sp³-hybridized carbons (Fsp3) is 0.214. The van der Waals surface area contributed by atoms with E-state index in [1.807, 2.05) is 6.92 Å². The molecule has 0 saturated heterocycles. The van der Waals surface area contributed by atoms with Crippen LogP contribution in [0.15, 0.2) is 36.7 Å². The maximum absolute atomic E-state index is 12.3. The third-order valence-electron chi connectivity index (χ3n) is 2.48. The fourth-order valence-corrected chi connectivity index (χ4v) is 1.66. The molecule has 0 unspecified atom stereocenters. The first-order valence-electron chi connectivity index (χ1n) is 5.88. The lowest BCUT2D eigenvalue weighted by Gasteiger charge is -2.07. The molecule has 0 radical (unpaired) electrons. The lowest BCUT2D eigenvalue weighted by Crippen LogP contribution is -2.08. The third-order valence-corrected chi connectivity index (χ3v) is 2.48. The average molecular weight is 258 g/mol. The van der Waals surface area contributed by atoms with E-state index < -0.39 is 0 Å². The molecule has 19 heavy (non-hydrogen) atoms. The lowest BCUT2D eigenvalue weighted by atomic mass is 10.1. The van der Waals surface area contributed by atoms with Gasteiger partial charge in [0.2, 0.25) is 11.7 Å². The summed E-state index contributed by atoms with van der Waals surface area (Å²) in [7, 11) is 1.46. The van der Waals surface area contributed by atoms with E-state index in [1.54, 1.807) is 24.3 Å².